The molecule has 0 saturated heterocycles. The van der Waals surface area contributed by atoms with E-state index in [4.69, 9.17) is 0 Å². The Bertz CT molecular complexity index is 684. The van der Waals surface area contributed by atoms with Crippen LogP contribution in [0.5, 0.6) is 0 Å². The van der Waals surface area contributed by atoms with Crippen molar-refractivity contribution in [2.45, 2.75) is 240 Å². The van der Waals surface area contributed by atoms with E-state index in [-0.39, 0.29) is 27.8 Å². The van der Waals surface area contributed by atoms with Crippen LogP contribution < -0.4 is 0 Å². The van der Waals surface area contributed by atoms with Crippen LogP contribution in [0.4, 0.5) is 0 Å². The van der Waals surface area contributed by atoms with Gasteiger partial charge in [0.25, 0.3) is 0 Å². The second-order valence-electron chi connectivity index (χ2n) is 16.4. The van der Waals surface area contributed by atoms with E-state index in [0.717, 1.165) is 0 Å². The van der Waals surface area contributed by atoms with Crippen LogP contribution in [-0.4, -0.2) is 45.9 Å². The van der Waals surface area contributed by atoms with E-state index in [0.29, 0.717) is 0 Å². The fourth-order valence-corrected chi connectivity index (χ4v) is 22.8. The van der Waals surface area contributed by atoms with Crippen LogP contribution in [0.15, 0.2) is 0 Å². The Morgan fingerprint density at radius 3 is 0.681 bits per heavy atom. The molecule has 47 heavy (non-hydrogen) atoms. The van der Waals surface area contributed by atoms with Crippen LogP contribution >= 0.6 is 15.8 Å². The molecule has 0 bridgehead atoms. The molecule has 6 aliphatic carbocycles. The first-order chi connectivity index (χ1) is 23.0. The van der Waals surface area contributed by atoms with E-state index >= 15 is 0 Å². The SMILES string of the molecule is C1CCC([PH+](C2CCCCC2)C2CCCCC2)CC1.C1CCC([PH+](C2CCCCC2)C2CCCCC2)CC1.CC(=O)[O][Hg][O]C(C)=O. The molecular formula is C40H74HgO4P2+2. The van der Waals surface area contributed by atoms with Gasteiger partial charge in [-0.2, -0.15) is 0 Å². The van der Waals surface area contributed by atoms with Gasteiger partial charge in [0.1, 0.15) is 0 Å². The number of carbonyl (C=O) groups is 2. The zero-order chi connectivity index (χ0) is 33.1. The van der Waals surface area contributed by atoms with Crippen molar-refractivity contribution in [3.05, 3.63) is 0 Å². The molecule has 0 unspecified atom stereocenters. The van der Waals surface area contributed by atoms with Gasteiger partial charge >= 0.3 is 66.2 Å². The van der Waals surface area contributed by atoms with Crippen molar-refractivity contribution >= 4 is 27.8 Å². The molecule has 0 heterocycles. The van der Waals surface area contributed by atoms with Gasteiger partial charge < -0.3 is 0 Å². The van der Waals surface area contributed by atoms with Crippen LogP contribution in [-0.2, 0) is 40.4 Å². The van der Waals surface area contributed by atoms with Crippen molar-refractivity contribution in [2.75, 3.05) is 0 Å². The average Bonchev–Trinajstić information content (AvgIpc) is 3.12. The van der Waals surface area contributed by atoms with Gasteiger partial charge in [0.05, 0.1) is 34.0 Å². The quantitative estimate of drug-likeness (QED) is 0.180. The van der Waals surface area contributed by atoms with Gasteiger partial charge in [0.2, 0.25) is 0 Å². The Kier molecular flexibility index (Phi) is 20.7. The normalized spacial score (nSPS) is 24.8. The Balaban J connectivity index is 0.000000171. The third kappa shape index (κ3) is 15.1. The van der Waals surface area contributed by atoms with E-state index < -0.39 is 25.5 Å². The summed E-state index contributed by atoms with van der Waals surface area (Å²) in [6, 6.07) is 0. The molecule has 0 aliphatic heterocycles. The van der Waals surface area contributed by atoms with Crippen molar-refractivity contribution in [1.29, 1.82) is 0 Å². The summed E-state index contributed by atoms with van der Waals surface area (Å²) in [5.74, 6) is -0.726. The summed E-state index contributed by atoms with van der Waals surface area (Å²) < 4.78 is 8.99. The van der Waals surface area contributed by atoms with Crippen molar-refractivity contribution in [1.82, 2.24) is 0 Å². The fourth-order valence-electron chi connectivity index (χ4n) is 10.8. The summed E-state index contributed by atoms with van der Waals surface area (Å²) in [5, 5.41) is 0. The number of carbonyl (C=O) groups excluding carboxylic acids is 2. The zero-order valence-corrected chi connectivity index (χ0v) is 38.5. The van der Waals surface area contributed by atoms with Crippen LogP contribution in [0.2, 0.25) is 0 Å². The summed E-state index contributed by atoms with van der Waals surface area (Å²) >= 11 is -2.04. The molecule has 0 spiro atoms. The second kappa shape index (κ2) is 24.1. The minimum atomic E-state index is -2.04. The Labute approximate surface area is 306 Å². The molecule has 0 aromatic carbocycles. The molecule has 268 valence electrons. The summed E-state index contributed by atoms with van der Waals surface area (Å²) in [7, 11) is -0.0930. The number of hydrogen-bond acceptors (Lipinski definition) is 4. The Morgan fingerprint density at radius 1 is 0.362 bits per heavy atom. The fraction of sp³-hybridized carbons (Fsp3) is 0.950. The van der Waals surface area contributed by atoms with Gasteiger partial charge in [-0.1, -0.05) is 38.5 Å². The van der Waals surface area contributed by atoms with Crippen LogP contribution in [0.1, 0.15) is 206 Å². The first-order valence-corrected chi connectivity index (χ1v) is 29.0. The molecular weight excluding hydrogens is 807 g/mol. The van der Waals surface area contributed by atoms with Gasteiger partial charge in [-0.25, -0.2) is 0 Å². The summed E-state index contributed by atoms with van der Waals surface area (Å²) in [5.41, 5.74) is 7.36. The second-order valence-corrected chi connectivity index (χ2v) is 26.5. The van der Waals surface area contributed by atoms with Crippen molar-refractivity contribution in [3.8, 4) is 0 Å². The van der Waals surface area contributed by atoms with E-state index in [9.17, 15) is 9.59 Å². The minimum absolute atomic E-state index is 0.0465. The molecule has 0 amide bonds. The molecule has 0 aromatic heterocycles. The predicted octanol–water partition coefficient (Wildman–Crippen LogP) is 12.4. The maximum atomic E-state index is 10.1. The third-order valence-electron chi connectivity index (χ3n) is 13.0. The summed E-state index contributed by atoms with van der Waals surface area (Å²) in [4.78, 5) is 20.1. The monoisotopic (exact) mass is 882 g/mol. The van der Waals surface area contributed by atoms with Crippen molar-refractivity contribution in [3.63, 3.8) is 0 Å². The molecule has 6 aliphatic rings. The predicted molar refractivity (Wildman–Crippen MR) is 201 cm³/mol. The van der Waals surface area contributed by atoms with Crippen LogP contribution in [0.25, 0.3) is 0 Å². The molecule has 0 radical (unpaired) electrons. The van der Waals surface area contributed by atoms with E-state index in [2.05, 4.69) is 5.29 Å². The van der Waals surface area contributed by atoms with Gasteiger partial charge in [-0.3, -0.25) is 0 Å². The molecule has 7 heteroatoms. The van der Waals surface area contributed by atoms with Gasteiger partial charge in [-0.05, 0) is 154 Å². The summed E-state index contributed by atoms with van der Waals surface area (Å²) in [6.07, 6.45) is 47.6. The van der Waals surface area contributed by atoms with E-state index in [1.807, 2.05) is 0 Å². The van der Waals surface area contributed by atoms with E-state index in [1.54, 1.807) is 193 Å². The average molecular weight is 882 g/mol. The first kappa shape index (κ1) is 40.5. The topological polar surface area (TPSA) is 52.6 Å². The molecule has 6 fully saturated rings. The number of hydrogen-bond donors (Lipinski definition) is 0. The number of rotatable bonds is 8. The van der Waals surface area contributed by atoms with Gasteiger partial charge in [0.15, 0.2) is 0 Å². The Hall–Kier alpha value is 0.735. The van der Waals surface area contributed by atoms with Crippen molar-refractivity contribution < 1.29 is 40.4 Å². The van der Waals surface area contributed by atoms with E-state index in [1.165, 1.54) is 47.8 Å². The molecule has 0 aromatic rings. The first-order valence-electron chi connectivity index (χ1n) is 21.0. The molecule has 0 atom stereocenters. The maximum absolute atomic E-state index is 10.1. The molecule has 4 nitrogen and oxygen atoms in total. The van der Waals surface area contributed by atoms with Gasteiger partial charge in [-0.15, -0.1) is 0 Å². The summed E-state index contributed by atoms with van der Waals surface area (Å²) in [6.45, 7) is 2.59. The van der Waals surface area contributed by atoms with Crippen molar-refractivity contribution in [2.24, 2.45) is 0 Å². The standard InChI is InChI=1S/2C18H33P.2C2H4O2.Hg/c2*1-4-10-16(11-5-1)19(17-12-6-2-7-13-17)18-14-8-3-9-15-18;2*1-2(3)4;/h2*16-18H,1-15H2;2*1H3,(H,3,4);/q;;;;+2. The van der Waals surface area contributed by atoms with Gasteiger partial charge in [0, 0.05) is 15.8 Å². The van der Waals surface area contributed by atoms with Crippen LogP contribution in [0, 0.1) is 0 Å². The Morgan fingerprint density at radius 2 is 0.532 bits per heavy atom. The van der Waals surface area contributed by atoms with Crippen LogP contribution in [0.3, 0.4) is 0 Å². The molecule has 6 rings (SSSR count). The molecule has 6 saturated carbocycles. The third-order valence-corrected chi connectivity index (χ3v) is 26.2. The molecule has 0 N–H and O–H groups in total. The zero-order valence-electron chi connectivity index (χ0n) is 31.0.